The van der Waals surface area contributed by atoms with E-state index in [1.54, 1.807) is 36.3 Å². The number of hydrogen-bond donors (Lipinski definition) is 1. The van der Waals surface area contributed by atoms with E-state index in [-0.39, 0.29) is 12.0 Å². The smallest absolute Gasteiger partial charge is 0.258 e. The predicted molar refractivity (Wildman–Crippen MR) is 75.2 cm³/mol. The lowest BCUT2D eigenvalue weighted by Gasteiger charge is -2.46. The van der Waals surface area contributed by atoms with Gasteiger partial charge >= 0.3 is 0 Å². The molecular formula is C15H19NO5. The molecule has 6 nitrogen and oxygen atoms in total. The fourth-order valence-electron chi connectivity index (χ4n) is 2.79. The van der Waals surface area contributed by atoms with Gasteiger partial charge in [-0.2, -0.15) is 0 Å². The van der Waals surface area contributed by atoms with E-state index in [0.717, 1.165) is 0 Å². The van der Waals surface area contributed by atoms with Crippen LogP contribution in [0.15, 0.2) is 24.3 Å². The molecule has 1 N–H and O–H groups in total. The number of hydrogen-bond acceptors (Lipinski definition) is 5. The number of aliphatic hydroxyl groups excluding tert-OH is 1. The van der Waals surface area contributed by atoms with Crippen LogP contribution in [0.5, 0.6) is 5.75 Å². The first-order chi connectivity index (χ1) is 9.93. The Morgan fingerprint density at radius 3 is 2.52 bits per heavy atom. The number of carbonyl (C=O) groups is 1. The first-order valence-electron chi connectivity index (χ1n) is 6.90. The van der Waals surface area contributed by atoms with Gasteiger partial charge in [-0.25, -0.2) is 0 Å². The third-order valence-corrected chi connectivity index (χ3v) is 3.87. The molecule has 0 aromatic heterocycles. The summed E-state index contributed by atoms with van der Waals surface area (Å²) in [6, 6.07) is 6.71. The lowest BCUT2D eigenvalue weighted by Crippen LogP contribution is -2.70. The second kappa shape index (κ2) is 4.98. The van der Waals surface area contributed by atoms with Gasteiger partial charge in [-0.1, -0.05) is 0 Å². The van der Waals surface area contributed by atoms with Gasteiger partial charge in [-0.05, 0) is 38.1 Å². The van der Waals surface area contributed by atoms with E-state index >= 15 is 0 Å². The summed E-state index contributed by atoms with van der Waals surface area (Å²) in [6.45, 7) is 3.99. The molecule has 0 saturated carbocycles. The van der Waals surface area contributed by atoms with Gasteiger partial charge in [0.2, 0.25) is 0 Å². The van der Waals surface area contributed by atoms with Crippen molar-refractivity contribution in [1.29, 1.82) is 0 Å². The van der Waals surface area contributed by atoms with E-state index in [1.165, 1.54) is 0 Å². The van der Waals surface area contributed by atoms with Crippen molar-refractivity contribution in [2.45, 2.75) is 37.9 Å². The molecule has 2 fully saturated rings. The Labute approximate surface area is 123 Å². The molecule has 0 radical (unpaired) electrons. The molecule has 2 saturated heterocycles. The fourth-order valence-corrected chi connectivity index (χ4v) is 2.79. The van der Waals surface area contributed by atoms with E-state index in [0.29, 0.717) is 18.0 Å². The molecule has 2 aliphatic heterocycles. The molecule has 2 aliphatic rings. The van der Waals surface area contributed by atoms with Crippen LogP contribution in [0, 0.1) is 0 Å². The van der Waals surface area contributed by atoms with Gasteiger partial charge < -0.3 is 24.2 Å². The molecule has 3 atom stereocenters. The van der Waals surface area contributed by atoms with Crippen LogP contribution in [-0.4, -0.2) is 48.8 Å². The molecular weight excluding hydrogens is 274 g/mol. The number of anilines is 1. The molecule has 114 valence electrons. The largest absolute Gasteiger partial charge is 0.497 e. The zero-order valence-electron chi connectivity index (χ0n) is 12.3. The highest BCUT2D eigenvalue weighted by atomic mass is 16.7. The number of nitrogens with zero attached hydrogens (tertiary/aromatic N) is 1. The number of benzene rings is 1. The van der Waals surface area contributed by atoms with Gasteiger partial charge in [0.05, 0.1) is 13.7 Å². The number of rotatable bonds is 3. The molecule has 1 aromatic rings. The Balaban J connectivity index is 1.81. The van der Waals surface area contributed by atoms with Crippen LogP contribution in [0.25, 0.3) is 0 Å². The summed E-state index contributed by atoms with van der Waals surface area (Å²) >= 11 is 0. The van der Waals surface area contributed by atoms with Crippen molar-refractivity contribution in [3.63, 3.8) is 0 Å². The summed E-state index contributed by atoms with van der Waals surface area (Å²) in [5.74, 6) is -0.293. The van der Waals surface area contributed by atoms with Crippen molar-refractivity contribution < 1.29 is 24.1 Å². The molecule has 1 amide bonds. The Bertz CT molecular complexity index is 541. The third-order valence-electron chi connectivity index (χ3n) is 3.87. The molecule has 21 heavy (non-hydrogen) atoms. The number of ether oxygens (including phenoxy) is 3. The van der Waals surface area contributed by atoms with E-state index in [1.807, 2.05) is 13.8 Å². The maximum atomic E-state index is 12.0. The van der Waals surface area contributed by atoms with E-state index in [4.69, 9.17) is 14.2 Å². The van der Waals surface area contributed by atoms with Crippen LogP contribution in [0.1, 0.15) is 13.8 Å². The number of aliphatic hydroxyl groups is 1. The molecule has 6 heteroatoms. The molecule has 0 unspecified atom stereocenters. The Morgan fingerprint density at radius 1 is 1.33 bits per heavy atom. The van der Waals surface area contributed by atoms with Gasteiger partial charge in [0.1, 0.15) is 17.9 Å². The maximum Gasteiger partial charge on any atom is 0.258 e. The zero-order chi connectivity index (χ0) is 15.2. The standard InChI is InChI=1S/C15H19NO5/c1-15(2)20-8-11(21-15)12-13(17)14(18)16(12)9-4-6-10(19-3)7-5-9/h4-7,11-13,17H,8H2,1-3H3/t11-,12+,13+/m1/s1. The molecule has 2 heterocycles. The summed E-state index contributed by atoms with van der Waals surface area (Å²) in [7, 11) is 1.59. The topological polar surface area (TPSA) is 68.2 Å². The normalized spacial score (nSPS) is 31.1. The van der Waals surface area contributed by atoms with Gasteiger partial charge in [0.25, 0.3) is 5.91 Å². The van der Waals surface area contributed by atoms with E-state index in [2.05, 4.69) is 0 Å². The number of methoxy groups -OCH3 is 1. The molecule has 1 aromatic carbocycles. The van der Waals surface area contributed by atoms with Crippen molar-refractivity contribution in [3.8, 4) is 5.75 Å². The quantitative estimate of drug-likeness (QED) is 0.839. The molecule has 0 bridgehead atoms. The highest BCUT2D eigenvalue weighted by Crippen LogP contribution is 2.36. The summed E-state index contributed by atoms with van der Waals surface area (Å²) < 4.78 is 16.4. The van der Waals surface area contributed by atoms with Crippen LogP contribution in [0.2, 0.25) is 0 Å². The minimum absolute atomic E-state index is 0.321. The van der Waals surface area contributed by atoms with Crippen molar-refractivity contribution in [2.75, 3.05) is 18.6 Å². The highest BCUT2D eigenvalue weighted by molar-refractivity contribution is 6.04. The van der Waals surface area contributed by atoms with Crippen molar-refractivity contribution in [1.82, 2.24) is 0 Å². The molecule has 0 aliphatic carbocycles. The average Bonchev–Trinajstić information content (AvgIpc) is 2.83. The van der Waals surface area contributed by atoms with Gasteiger partial charge in [-0.15, -0.1) is 0 Å². The van der Waals surface area contributed by atoms with Gasteiger partial charge in [-0.3, -0.25) is 4.79 Å². The fraction of sp³-hybridized carbons (Fsp3) is 0.533. The SMILES string of the molecule is COc1ccc(N2C(=O)[C@@H](O)[C@@H]2[C@H]2COC(C)(C)O2)cc1. The number of amides is 1. The number of β-lactam (4-membered cyclic amide) rings is 1. The summed E-state index contributed by atoms with van der Waals surface area (Å²) in [4.78, 5) is 13.5. The number of carbonyl (C=O) groups excluding carboxylic acids is 1. The minimum Gasteiger partial charge on any atom is -0.497 e. The van der Waals surface area contributed by atoms with Crippen LogP contribution in [0.4, 0.5) is 5.69 Å². The lowest BCUT2D eigenvalue weighted by atomic mass is 9.92. The van der Waals surface area contributed by atoms with Crippen LogP contribution in [-0.2, 0) is 14.3 Å². The Kier molecular flexibility index (Phi) is 3.39. The average molecular weight is 293 g/mol. The minimum atomic E-state index is -1.05. The Morgan fingerprint density at radius 2 is 2.00 bits per heavy atom. The molecule has 3 rings (SSSR count). The van der Waals surface area contributed by atoms with Crippen LogP contribution in [0.3, 0.4) is 0 Å². The van der Waals surface area contributed by atoms with E-state index in [9.17, 15) is 9.90 Å². The first-order valence-corrected chi connectivity index (χ1v) is 6.90. The second-order valence-electron chi connectivity index (χ2n) is 5.71. The predicted octanol–water partition coefficient (Wildman–Crippen LogP) is 0.923. The van der Waals surface area contributed by atoms with Crippen LogP contribution >= 0.6 is 0 Å². The van der Waals surface area contributed by atoms with Crippen molar-refractivity contribution >= 4 is 11.6 Å². The zero-order valence-corrected chi connectivity index (χ0v) is 12.3. The van der Waals surface area contributed by atoms with Gasteiger partial charge in [0.15, 0.2) is 11.9 Å². The summed E-state index contributed by atoms with van der Waals surface area (Å²) in [5.41, 5.74) is 0.712. The van der Waals surface area contributed by atoms with Crippen LogP contribution < -0.4 is 9.64 Å². The van der Waals surface area contributed by atoms with E-state index < -0.39 is 17.9 Å². The second-order valence-corrected chi connectivity index (χ2v) is 5.71. The highest BCUT2D eigenvalue weighted by Gasteiger charge is 2.54. The lowest BCUT2D eigenvalue weighted by molar-refractivity contribution is -0.158. The summed E-state index contributed by atoms with van der Waals surface area (Å²) in [6.07, 6.45) is -1.38. The maximum absolute atomic E-state index is 12.0. The third kappa shape index (κ3) is 2.39. The monoisotopic (exact) mass is 293 g/mol. The first kappa shape index (κ1) is 14.3. The van der Waals surface area contributed by atoms with Gasteiger partial charge in [0, 0.05) is 5.69 Å². The van der Waals surface area contributed by atoms with Crippen molar-refractivity contribution in [2.24, 2.45) is 0 Å². The summed E-state index contributed by atoms with van der Waals surface area (Å²) in [5, 5.41) is 9.99. The Hall–Kier alpha value is -1.63. The molecule has 0 spiro atoms. The van der Waals surface area contributed by atoms with Crippen molar-refractivity contribution in [3.05, 3.63) is 24.3 Å².